The van der Waals surface area contributed by atoms with Crippen LogP contribution in [-0.2, 0) is 16.4 Å². The molecule has 25 heavy (non-hydrogen) atoms. The maximum absolute atomic E-state index is 12.2. The number of aliphatic hydroxyl groups excluding tert-OH is 1. The minimum atomic E-state index is -3.50. The first-order chi connectivity index (χ1) is 11.9. The molecule has 0 amide bonds. The smallest absolute Gasteiger partial charge is 0.240 e. The number of rotatable bonds is 9. The van der Waals surface area contributed by atoms with E-state index < -0.39 is 16.1 Å². The molecule has 0 spiro atoms. The van der Waals surface area contributed by atoms with E-state index in [-0.39, 0.29) is 4.90 Å². The third kappa shape index (κ3) is 6.12. The molecule has 2 aromatic carbocycles. The highest BCUT2D eigenvalue weighted by Gasteiger charge is 2.12. The van der Waals surface area contributed by atoms with E-state index in [2.05, 4.69) is 4.72 Å². The van der Waals surface area contributed by atoms with Crippen molar-refractivity contribution >= 4 is 21.6 Å². The normalized spacial score (nSPS) is 12.9. The van der Waals surface area contributed by atoms with Gasteiger partial charge in [0, 0.05) is 11.6 Å². The molecule has 0 saturated carbocycles. The Morgan fingerprint density at radius 1 is 1.08 bits per heavy atom. The predicted molar refractivity (Wildman–Crippen MR) is 101 cm³/mol. The van der Waals surface area contributed by atoms with E-state index >= 15 is 0 Å². The standard InChI is InChI=1S/C19H24ClNO3S/c1-2-4-19(22)16-8-6-15(7-9-16)5-3-14-21-25(23,24)18-12-10-17(20)11-13-18/h6-13,19,21-22H,2-5,14H2,1H3. The molecule has 0 aromatic heterocycles. The zero-order valence-corrected chi connectivity index (χ0v) is 15.9. The van der Waals surface area contributed by atoms with Gasteiger partial charge in [0.2, 0.25) is 10.0 Å². The van der Waals surface area contributed by atoms with Gasteiger partial charge in [0.15, 0.2) is 0 Å². The van der Waals surface area contributed by atoms with Crippen LogP contribution in [0.15, 0.2) is 53.4 Å². The van der Waals surface area contributed by atoms with Crippen molar-refractivity contribution in [1.29, 1.82) is 0 Å². The number of hydrogen-bond donors (Lipinski definition) is 2. The highest BCUT2D eigenvalue weighted by atomic mass is 35.5. The third-order valence-electron chi connectivity index (χ3n) is 3.98. The predicted octanol–water partition coefficient (Wildman–Crippen LogP) is 4.08. The van der Waals surface area contributed by atoms with Gasteiger partial charge >= 0.3 is 0 Å². The van der Waals surface area contributed by atoms with Gasteiger partial charge in [0.1, 0.15) is 0 Å². The van der Waals surface area contributed by atoms with Crippen LogP contribution in [0, 0.1) is 0 Å². The van der Waals surface area contributed by atoms with Crippen molar-refractivity contribution in [1.82, 2.24) is 4.72 Å². The number of nitrogens with one attached hydrogen (secondary N) is 1. The van der Waals surface area contributed by atoms with Crippen LogP contribution in [0.2, 0.25) is 5.02 Å². The largest absolute Gasteiger partial charge is 0.388 e. The second-order valence-electron chi connectivity index (χ2n) is 6.00. The van der Waals surface area contributed by atoms with Crippen LogP contribution in [0.25, 0.3) is 0 Å². The number of halogens is 1. The molecule has 4 nitrogen and oxygen atoms in total. The summed E-state index contributed by atoms with van der Waals surface area (Å²) in [5.41, 5.74) is 2.05. The second kappa shape index (κ2) is 9.34. The van der Waals surface area contributed by atoms with Gasteiger partial charge in [-0.3, -0.25) is 0 Å². The summed E-state index contributed by atoms with van der Waals surface area (Å²) in [6.07, 6.45) is 2.75. The van der Waals surface area contributed by atoms with Crippen LogP contribution in [0.5, 0.6) is 0 Å². The van der Waals surface area contributed by atoms with E-state index in [1.165, 1.54) is 12.1 Å². The van der Waals surface area contributed by atoms with Crippen molar-refractivity contribution in [3.63, 3.8) is 0 Å². The van der Waals surface area contributed by atoms with Crippen molar-refractivity contribution in [3.05, 3.63) is 64.7 Å². The lowest BCUT2D eigenvalue weighted by molar-refractivity contribution is 0.166. The Labute approximate surface area is 154 Å². The average Bonchev–Trinajstić information content (AvgIpc) is 2.60. The van der Waals surface area contributed by atoms with Crippen molar-refractivity contribution in [2.24, 2.45) is 0 Å². The number of hydrogen-bond acceptors (Lipinski definition) is 3. The number of benzene rings is 2. The molecule has 0 saturated heterocycles. The molecule has 1 unspecified atom stereocenters. The first-order valence-corrected chi connectivity index (χ1v) is 10.3. The van der Waals surface area contributed by atoms with Gasteiger partial charge in [0.25, 0.3) is 0 Å². The summed E-state index contributed by atoms with van der Waals surface area (Å²) in [7, 11) is -3.50. The van der Waals surface area contributed by atoms with Crippen molar-refractivity contribution in [3.8, 4) is 0 Å². The maximum Gasteiger partial charge on any atom is 0.240 e. The number of sulfonamides is 1. The summed E-state index contributed by atoms with van der Waals surface area (Å²) >= 11 is 5.77. The molecule has 0 aliphatic rings. The Bertz CT molecular complexity index is 758. The number of aliphatic hydroxyl groups is 1. The molecule has 2 aromatic rings. The van der Waals surface area contributed by atoms with E-state index in [1.807, 2.05) is 31.2 Å². The van der Waals surface area contributed by atoms with Crippen LogP contribution >= 0.6 is 11.6 Å². The Morgan fingerprint density at radius 2 is 1.72 bits per heavy atom. The molecule has 0 fully saturated rings. The summed E-state index contributed by atoms with van der Waals surface area (Å²) in [6, 6.07) is 14.0. The molecule has 1 atom stereocenters. The molecule has 0 aliphatic carbocycles. The van der Waals surface area contributed by atoms with Crippen molar-refractivity contribution < 1.29 is 13.5 Å². The molecule has 2 rings (SSSR count). The molecular weight excluding hydrogens is 358 g/mol. The van der Waals surface area contributed by atoms with Gasteiger partial charge in [-0.2, -0.15) is 0 Å². The van der Waals surface area contributed by atoms with Gasteiger partial charge in [-0.1, -0.05) is 49.2 Å². The molecule has 2 N–H and O–H groups in total. The zero-order chi connectivity index (χ0) is 18.3. The highest BCUT2D eigenvalue weighted by Crippen LogP contribution is 2.19. The van der Waals surface area contributed by atoms with Crippen molar-refractivity contribution in [2.75, 3.05) is 6.54 Å². The van der Waals surface area contributed by atoms with Crippen LogP contribution in [0.4, 0.5) is 0 Å². The Balaban J connectivity index is 1.81. The first kappa shape index (κ1) is 19.9. The summed E-state index contributed by atoms with van der Waals surface area (Å²) in [5, 5.41) is 10.5. The molecular formula is C19H24ClNO3S. The van der Waals surface area contributed by atoms with Gasteiger partial charge in [-0.25, -0.2) is 13.1 Å². The van der Waals surface area contributed by atoms with E-state index in [1.54, 1.807) is 12.1 Å². The fourth-order valence-corrected chi connectivity index (χ4v) is 3.74. The topological polar surface area (TPSA) is 66.4 Å². The lowest BCUT2D eigenvalue weighted by Crippen LogP contribution is -2.25. The third-order valence-corrected chi connectivity index (χ3v) is 5.71. The van der Waals surface area contributed by atoms with Crippen LogP contribution in [0.1, 0.15) is 43.4 Å². The van der Waals surface area contributed by atoms with E-state index in [9.17, 15) is 13.5 Å². The quantitative estimate of drug-likeness (QED) is 0.643. The SMILES string of the molecule is CCCC(O)c1ccc(CCCNS(=O)(=O)c2ccc(Cl)cc2)cc1. The van der Waals surface area contributed by atoms with E-state index in [0.717, 1.165) is 30.4 Å². The molecule has 6 heteroatoms. The molecule has 0 bridgehead atoms. The van der Waals surface area contributed by atoms with Crippen LogP contribution in [0.3, 0.4) is 0 Å². The fourth-order valence-electron chi connectivity index (χ4n) is 2.54. The number of aryl methyl sites for hydroxylation is 1. The van der Waals surface area contributed by atoms with E-state index in [4.69, 9.17) is 11.6 Å². The Kier molecular flexibility index (Phi) is 7.44. The summed E-state index contributed by atoms with van der Waals surface area (Å²) in [5.74, 6) is 0. The lowest BCUT2D eigenvalue weighted by atomic mass is 10.0. The fraction of sp³-hybridized carbons (Fsp3) is 0.368. The Morgan fingerprint density at radius 3 is 2.32 bits per heavy atom. The zero-order valence-electron chi connectivity index (χ0n) is 14.3. The van der Waals surface area contributed by atoms with Gasteiger partial charge in [-0.05, 0) is 54.7 Å². The maximum atomic E-state index is 12.2. The minimum Gasteiger partial charge on any atom is -0.388 e. The highest BCUT2D eigenvalue weighted by molar-refractivity contribution is 7.89. The van der Waals surface area contributed by atoms with Gasteiger partial charge < -0.3 is 5.11 Å². The molecule has 0 radical (unpaired) electrons. The summed E-state index contributed by atoms with van der Waals surface area (Å²) in [6.45, 7) is 2.41. The summed E-state index contributed by atoms with van der Waals surface area (Å²) < 4.78 is 26.9. The van der Waals surface area contributed by atoms with Crippen LogP contribution < -0.4 is 4.72 Å². The van der Waals surface area contributed by atoms with Gasteiger partial charge in [-0.15, -0.1) is 0 Å². The minimum absolute atomic E-state index is 0.214. The second-order valence-corrected chi connectivity index (χ2v) is 8.20. The average molecular weight is 382 g/mol. The molecule has 0 aliphatic heterocycles. The Hall–Kier alpha value is -1.40. The molecule has 0 heterocycles. The first-order valence-electron chi connectivity index (χ1n) is 8.44. The monoisotopic (exact) mass is 381 g/mol. The van der Waals surface area contributed by atoms with Crippen molar-refractivity contribution in [2.45, 2.75) is 43.6 Å². The van der Waals surface area contributed by atoms with E-state index in [0.29, 0.717) is 18.0 Å². The summed E-state index contributed by atoms with van der Waals surface area (Å²) in [4.78, 5) is 0.214. The lowest BCUT2D eigenvalue weighted by Gasteiger charge is -2.10. The molecule has 136 valence electrons. The van der Waals surface area contributed by atoms with Gasteiger partial charge in [0.05, 0.1) is 11.0 Å². The van der Waals surface area contributed by atoms with Crippen LogP contribution in [-0.4, -0.2) is 20.1 Å².